The highest BCUT2D eigenvalue weighted by Gasteiger charge is 2.48. The zero-order valence-corrected chi connectivity index (χ0v) is 14.5. The third kappa shape index (κ3) is 2.63. The summed E-state index contributed by atoms with van der Waals surface area (Å²) < 4.78 is 19.9. The number of carbonyl (C=O) groups excluding carboxylic acids is 1. The molecular formula is C20H21FN2O2. The molecule has 1 saturated heterocycles. The number of piperidine rings is 1. The van der Waals surface area contributed by atoms with Gasteiger partial charge >= 0.3 is 5.97 Å². The number of hydrogen-bond acceptors (Lipinski definition) is 4. The molecule has 2 aliphatic heterocycles. The summed E-state index contributed by atoms with van der Waals surface area (Å²) in [6, 6.07) is 7.22. The van der Waals surface area contributed by atoms with E-state index in [0.29, 0.717) is 17.7 Å². The van der Waals surface area contributed by atoms with Gasteiger partial charge in [-0.2, -0.15) is 0 Å². The Morgan fingerprint density at radius 3 is 2.68 bits per heavy atom. The fourth-order valence-electron chi connectivity index (χ4n) is 3.78. The van der Waals surface area contributed by atoms with Crippen molar-refractivity contribution in [3.63, 3.8) is 0 Å². The van der Waals surface area contributed by atoms with Crippen molar-refractivity contribution in [3.05, 3.63) is 53.1 Å². The number of pyridine rings is 1. The van der Waals surface area contributed by atoms with Crippen molar-refractivity contribution in [2.75, 3.05) is 20.1 Å². The van der Waals surface area contributed by atoms with E-state index in [1.165, 1.54) is 0 Å². The van der Waals surface area contributed by atoms with Crippen LogP contribution in [0.5, 0.6) is 0 Å². The fourth-order valence-corrected chi connectivity index (χ4v) is 3.78. The van der Waals surface area contributed by atoms with Crippen LogP contribution in [0.2, 0.25) is 0 Å². The number of hydrogen-bond donors (Lipinski definition) is 0. The van der Waals surface area contributed by atoms with Gasteiger partial charge in [0.25, 0.3) is 0 Å². The molecule has 0 unspecified atom stereocenters. The summed E-state index contributed by atoms with van der Waals surface area (Å²) in [6.07, 6.45) is 3.81. The summed E-state index contributed by atoms with van der Waals surface area (Å²) in [4.78, 5) is 18.8. The van der Waals surface area contributed by atoms with Gasteiger partial charge in [0.2, 0.25) is 0 Å². The van der Waals surface area contributed by atoms with Crippen LogP contribution in [0.25, 0.3) is 11.1 Å². The van der Waals surface area contributed by atoms with Crippen LogP contribution < -0.4 is 0 Å². The molecule has 5 heteroatoms. The van der Waals surface area contributed by atoms with E-state index in [2.05, 4.69) is 16.9 Å². The van der Waals surface area contributed by atoms with Crippen molar-refractivity contribution in [2.45, 2.75) is 31.8 Å². The van der Waals surface area contributed by atoms with E-state index < -0.39 is 5.60 Å². The first-order valence-corrected chi connectivity index (χ1v) is 8.73. The molecule has 0 atom stereocenters. The van der Waals surface area contributed by atoms with E-state index in [1.807, 2.05) is 25.1 Å². The molecule has 1 aromatic carbocycles. The van der Waals surface area contributed by atoms with E-state index in [0.717, 1.165) is 42.6 Å². The molecule has 4 nitrogen and oxygen atoms in total. The van der Waals surface area contributed by atoms with E-state index in [9.17, 15) is 9.18 Å². The molecular weight excluding hydrogens is 319 g/mol. The number of fused-ring (bicyclic) bond motifs is 2. The molecule has 1 fully saturated rings. The molecule has 4 rings (SSSR count). The summed E-state index contributed by atoms with van der Waals surface area (Å²) in [5, 5.41) is 0. The normalized spacial score (nSPS) is 19.1. The molecule has 25 heavy (non-hydrogen) atoms. The van der Waals surface area contributed by atoms with Crippen LogP contribution in [-0.2, 0) is 16.8 Å². The van der Waals surface area contributed by atoms with Crippen molar-refractivity contribution in [2.24, 2.45) is 0 Å². The van der Waals surface area contributed by atoms with Crippen molar-refractivity contribution in [3.8, 4) is 11.1 Å². The SMILES string of the molecule is CCc1ccc(-c2cnc3c(c2)C2(CCN(C)CC2)OC3=O)cc1F. The lowest BCUT2D eigenvalue weighted by molar-refractivity contribution is -0.0394. The first-order valence-electron chi connectivity index (χ1n) is 8.73. The van der Waals surface area contributed by atoms with Crippen LogP contribution in [-0.4, -0.2) is 36.0 Å². The van der Waals surface area contributed by atoms with Gasteiger partial charge in [-0.15, -0.1) is 0 Å². The van der Waals surface area contributed by atoms with E-state index in [4.69, 9.17) is 4.74 Å². The predicted molar refractivity (Wildman–Crippen MR) is 92.8 cm³/mol. The van der Waals surface area contributed by atoms with Crippen LogP contribution in [0.4, 0.5) is 4.39 Å². The Bertz CT molecular complexity index is 842. The van der Waals surface area contributed by atoms with Gasteiger partial charge in [0.1, 0.15) is 11.4 Å². The quantitative estimate of drug-likeness (QED) is 0.784. The van der Waals surface area contributed by atoms with Gasteiger partial charge in [0.15, 0.2) is 5.69 Å². The van der Waals surface area contributed by atoms with Crippen molar-refractivity contribution in [1.29, 1.82) is 0 Å². The zero-order chi connectivity index (χ0) is 17.6. The number of nitrogens with zero attached hydrogens (tertiary/aromatic N) is 2. The molecule has 0 radical (unpaired) electrons. The van der Waals surface area contributed by atoms with Gasteiger partial charge in [-0.05, 0) is 36.7 Å². The Hall–Kier alpha value is -2.27. The Kier molecular flexibility index (Phi) is 3.84. The molecule has 0 amide bonds. The van der Waals surface area contributed by atoms with Crippen molar-refractivity contribution < 1.29 is 13.9 Å². The topological polar surface area (TPSA) is 42.4 Å². The number of rotatable bonds is 2. The number of likely N-dealkylation sites (tertiary alicyclic amines) is 1. The zero-order valence-electron chi connectivity index (χ0n) is 14.5. The number of halogens is 1. The van der Waals surface area contributed by atoms with Gasteiger partial charge in [-0.25, -0.2) is 14.2 Å². The van der Waals surface area contributed by atoms with Gasteiger partial charge < -0.3 is 9.64 Å². The maximum Gasteiger partial charge on any atom is 0.358 e. The van der Waals surface area contributed by atoms with E-state index in [1.54, 1.807) is 12.3 Å². The van der Waals surface area contributed by atoms with Gasteiger partial charge in [-0.1, -0.05) is 19.1 Å². The molecule has 130 valence electrons. The molecule has 3 heterocycles. The van der Waals surface area contributed by atoms with Gasteiger partial charge in [0.05, 0.1) is 0 Å². The van der Waals surface area contributed by atoms with Crippen LogP contribution >= 0.6 is 0 Å². The summed E-state index contributed by atoms with van der Waals surface area (Å²) >= 11 is 0. The van der Waals surface area contributed by atoms with Crippen molar-refractivity contribution >= 4 is 5.97 Å². The molecule has 2 aromatic rings. The molecule has 2 aliphatic rings. The molecule has 0 saturated carbocycles. The first-order chi connectivity index (χ1) is 12.0. The van der Waals surface area contributed by atoms with Crippen LogP contribution in [0.3, 0.4) is 0 Å². The minimum Gasteiger partial charge on any atom is -0.449 e. The lowest BCUT2D eigenvalue weighted by Gasteiger charge is -2.36. The highest BCUT2D eigenvalue weighted by atomic mass is 19.1. The van der Waals surface area contributed by atoms with E-state index >= 15 is 0 Å². The third-order valence-corrected chi connectivity index (χ3v) is 5.42. The van der Waals surface area contributed by atoms with Crippen LogP contribution in [0.1, 0.15) is 41.4 Å². The lowest BCUT2D eigenvalue weighted by atomic mass is 9.84. The maximum atomic E-state index is 14.2. The summed E-state index contributed by atoms with van der Waals surface area (Å²) in [5.41, 5.74) is 2.96. The first kappa shape index (κ1) is 16.2. The minimum absolute atomic E-state index is 0.207. The summed E-state index contributed by atoms with van der Waals surface area (Å²) in [5.74, 6) is -0.555. The van der Waals surface area contributed by atoms with E-state index in [-0.39, 0.29) is 11.8 Å². The second kappa shape index (κ2) is 5.92. The molecule has 1 aromatic heterocycles. The average molecular weight is 340 g/mol. The minimum atomic E-state index is -0.580. The Labute approximate surface area is 146 Å². The van der Waals surface area contributed by atoms with Crippen molar-refractivity contribution in [1.82, 2.24) is 9.88 Å². The third-order valence-electron chi connectivity index (χ3n) is 5.42. The number of benzene rings is 1. The summed E-state index contributed by atoms with van der Waals surface area (Å²) in [6.45, 7) is 3.68. The molecule has 0 bridgehead atoms. The smallest absolute Gasteiger partial charge is 0.358 e. The van der Waals surface area contributed by atoms with Crippen LogP contribution in [0.15, 0.2) is 30.5 Å². The summed E-state index contributed by atoms with van der Waals surface area (Å²) in [7, 11) is 2.07. The second-order valence-corrected chi connectivity index (χ2v) is 6.97. The standard InChI is InChI=1S/C20H21FN2O2/c1-3-13-4-5-14(11-17(13)21)15-10-16-18(22-12-15)19(24)25-20(16)6-8-23(2)9-7-20/h4-5,10-12H,3,6-9H2,1-2H3. The highest BCUT2D eigenvalue weighted by Crippen LogP contribution is 2.44. The number of aryl methyl sites for hydroxylation is 1. The number of aromatic nitrogens is 1. The second-order valence-electron chi connectivity index (χ2n) is 6.97. The molecule has 0 aliphatic carbocycles. The number of esters is 1. The number of carbonyl (C=O) groups is 1. The van der Waals surface area contributed by atoms with Gasteiger partial charge in [-0.3, -0.25) is 0 Å². The predicted octanol–water partition coefficient (Wildman–Crippen LogP) is 3.54. The molecule has 1 spiro atoms. The Morgan fingerprint density at radius 1 is 1.24 bits per heavy atom. The Morgan fingerprint density at radius 2 is 2.00 bits per heavy atom. The fraction of sp³-hybridized carbons (Fsp3) is 0.400. The maximum absolute atomic E-state index is 14.2. The number of ether oxygens (including phenoxy) is 1. The van der Waals surface area contributed by atoms with Gasteiger partial charge in [0, 0.05) is 43.3 Å². The monoisotopic (exact) mass is 340 g/mol. The largest absolute Gasteiger partial charge is 0.449 e. The van der Waals surface area contributed by atoms with Crippen LogP contribution in [0, 0.1) is 5.82 Å². The average Bonchev–Trinajstić information content (AvgIpc) is 2.89. The highest BCUT2D eigenvalue weighted by molar-refractivity contribution is 5.93. The molecule has 0 N–H and O–H groups in total. The lowest BCUT2D eigenvalue weighted by Crippen LogP contribution is -2.41. The Balaban J connectivity index is 1.76.